The molecule has 0 saturated carbocycles. The molecular weight excluding hydrogens is 264 g/mol. The Labute approximate surface area is 122 Å². The molecule has 0 aliphatic carbocycles. The monoisotopic (exact) mass is 278 g/mol. The van der Waals surface area contributed by atoms with Crippen LogP contribution in [0.3, 0.4) is 0 Å². The molecule has 104 valence electrons. The van der Waals surface area contributed by atoms with Gasteiger partial charge >= 0.3 is 0 Å². The van der Waals surface area contributed by atoms with Gasteiger partial charge in [0.05, 0.1) is 0 Å². The van der Waals surface area contributed by atoms with Crippen LogP contribution in [0.1, 0.15) is 15.9 Å². The van der Waals surface area contributed by atoms with Gasteiger partial charge in [-0.05, 0) is 24.6 Å². The maximum absolute atomic E-state index is 12.4. The van der Waals surface area contributed by atoms with Crippen LogP contribution in [0.4, 0.5) is 5.69 Å². The lowest BCUT2D eigenvalue weighted by Gasteiger charge is -2.05. The number of aromatic nitrogens is 1. The molecule has 1 amide bonds. The molecule has 1 aromatic heterocycles. The minimum atomic E-state index is -0.235. The molecular formula is C17H14N2O2. The summed E-state index contributed by atoms with van der Waals surface area (Å²) in [6.07, 6.45) is 1.37. The Bertz CT molecular complexity index is 763. The van der Waals surface area contributed by atoms with E-state index in [9.17, 15) is 4.79 Å². The average Bonchev–Trinajstić information content (AvgIpc) is 2.98. The van der Waals surface area contributed by atoms with Gasteiger partial charge in [0.2, 0.25) is 0 Å². The smallest absolute Gasteiger partial charge is 0.261 e. The molecule has 3 rings (SSSR count). The van der Waals surface area contributed by atoms with Crippen molar-refractivity contribution in [1.29, 1.82) is 0 Å². The first-order valence-electron chi connectivity index (χ1n) is 6.62. The number of carbonyl (C=O) groups is 1. The second-order valence-electron chi connectivity index (χ2n) is 4.77. The van der Waals surface area contributed by atoms with Crippen molar-refractivity contribution in [2.45, 2.75) is 6.92 Å². The van der Waals surface area contributed by atoms with E-state index in [4.69, 9.17) is 4.52 Å². The lowest BCUT2D eigenvalue weighted by molar-refractivity contribution is 0.102. The van der Waals surface area contributed by atoms with Gasteiger partial charge in [-0.25, -0.2) is 0 Å². The number of carbonyl (C=O) groups excluding carboxylic acids is 1. The molecule has 4 heteroatoms. The average molecular weight is 278 g/mol. The highest BCUT2D eigenvalue weighted by Gasteiger charge is 2.17. The molecule has 0 bridgehead atoms. The van der Waals surface area contributed by atoms with Crippen molar-refractivity contribution in [2.24, 2.45) is 0 Å². The third-order valence-electron chi connectivity index (χ3n) is 3.14. The highest BCUT2D eigenvalue weighted by molar-refractivity contribution is 6.07. The summed E-state index contributed by atoms with van der Waals surface area (Å²) in [5, 5.41) is 6.79. The van der Waals surface area contributed by atoms with Gasteiger partial charge in [0, 0.05) is 11.3 Å². The van der Waals surface area contributed by atoms with Gasteiger partial charge in [-0.1, -0.05) is 47.6 Å². The second kappa shape index (κ2) is 5.63. The molecule has 0 spiro atoms. The Morgan fingerprint density at radius 1 is 1.10 bits per heavy atom. The van der Waals surface area contributed by atoms with Crippen LogP contribution < -0.4 is 5.32 Å². The first-order chi connectivity index (χ1) is 10.2. The highest BCUT2D eigenvalue weighted by atomic mass is 16.5. The number of hydrogen-bond acceptors (Lipinski definition) is 3. The maximum atomic E-state index is 12.4. The molecule has 0 aliphatic rings. The molecule has 2 aromatic carbocycles. The van der Waals surface area contributed by atoms with Gasteiger partial charge < -0.3 is 9.84 Å². The lowest BCUT2D eigenvalue weighted by Crippen LogP contribution is -2.12. The van der Waals surface area contributed by atoms with E-state index in [-0.39, 0.29) is 5.91 Å². The van der Waals surface area contributed by atoms with E-state index in [0.29, 0.717) is 11.3 Å². The molecule has 0 atom stereocenters. The van der Waals surface area contributed by atoms with Gasteiger partial charge in [-0.15, -0.1) is 0 Å². The predicted molar refractivity (Wildman–Crippen MR) is 81.1 cm³/mol. The van der Waals surface area contributed by atoms with Gasteiger partial charge in [0.15, 0.2) is 0 Å². The Balaban J connectivity index is 1.88. The zero-order valence-corrected chi connectivity index (χ0v) is 11.5. The summed E-state index contributed by atoms with van der Waals surface area (Å²) in [5.41, 5.74) is 3.64. The Morgan fingerprint density at radius 3 is 2.67 bits per heavy atom. The fourth-order valence-electron chi connectivity index (χ4n) is 2.12. The van der Waals surface area contributed by atoms with Crippen molar-refractivity contribution in [3.63, 3.8) is 0 Å². The minimum absolute atomic E-state index is 0.235. The molecule has 1 N–H and O–H groups in total. The Hall–Kier alpha value is -2.88. The number of hydrogen-bond donors (Lipinski definition) is 1. The molecule has 0 fully saturated rings. The number of benzene rings is 2. The fourth-order valence-corrected chi connectivity index (χ4v) is 2.12. The van der Waals surface area contributed by atoms with E-state index in [1.165, 1.54) is 6.26 Å². The van der Waals surface area contributed by atoms with Crippen molar-refractivity contribution < 1.29 is 9.32 Å². The quantitative estimate of drug-likeness (QED) is 0.790. The molecule has 0 radical (unpaired) electrons. The third kappa shape index (κ3) is 2.84. The largest absolute Gasteiger partial charge is 0.363 e. The van der Waals surface area contributed by atoms with Crippen LogP contribution in [0, 0.1) is 6.92 Å². The SMILES string of the molecule is Cc1cccc(NC(=O)c2conc2-c2ccccc2)c1. The third-order valence-corrected chi connectivity index (χ3v) is 3.14. The summed E-state index contributed by atoms with van der Waals surface area (Å²) in [5.74, 6) is -0.235. The minimum Gasteiger partial charge on any atom is -0.363 e. The van der Waals surface area contributed by atoms with Crippen LogP contribution in [0.15, 0.2) is 65.4 Å². The molecule has 0 saturated heterocycles. The molecule has 21 heavy (non-hydrogen) atoms. The summed E-state index contributed by atoms with van der Waals surface area (Å²) in [6, 6.07) is 17.1. The van der Waals surface area contributed by atoms with E-state index < -0.39 is 0 Å². The van der Waals surface area contributed by atoms with E-state index in [1.807, 2.05) is 61.5 Å². The van der Waals surface area contributed by atoms with E-state index in [1.54, 1.807) is 0 Å². The molecule has 4 nitrogen and oxygen atoms in total. The van der Waals surface area contributed by atoms with E-state index >= 15 is 0 Å². The Morgan fingerprint density at radius 2 is 1.90 bits per heavy atom. The van der Waals surface area contributed by atoms with E-state index in [0.717, 1.165) is 16.8 Å². The van der Waals surface area contributed by atoms with Gasteiger partial charge in [-0.2, -0.15) is 0 Å². The van der Waals surface area contributed by atoms with Crippen LogP contribution in [-0.4, -0.2) is 11.1 Å². The summed E-state index contributed by atoms with van der Waals surface area (Å²) in [7, 11) is 0. The normalized spacial score (nSPS) is 10.3. The van der Waals surface area contributed by atoms with Crippen LogP contribution >= 0.6 is 0 Å². The zero-order chi connectivity index (χ0) is 14.7. The fraction of sp³-hybridized carbons (Fsp3) is 0.0588. The number of anilines is 1. The summed E-state index contributed by atoms with van der Waals surface area (Å²) in [4.78, 5) is 12.4. The van der Waals surface area contributed by atoms with Crippen LogP contribution in [-0.2, 0) is 0 Å². The number of nitrogens with one attached hydrogen (secondary N) is 1. The maximum Gasteiger partial charge on any atom is 0.261 e. The number of aryl methyl sites for hydroxylation is 1. The van der Waals surface area contributed by atoms with Crippen molar-refractivity contribution in [2.75, 3.05) is 5.32 Å². The summed E-state index contributed by atoms with van der Waals surface area (Å²) < 4.78 is 4.97. The predicted octanol–water partition coefficient (Wildman–Crippen LogP) is 3.90. The van der Waals surface area contributed by atoms with Gasteiger partial charge in [0.25, 0.3) is 5.91 Å². The first-order valence-corrected chi connectivity index (χ1v) is 6.62. The molecule has 0 unspecified atom stereocenters. The lowest BCUT2D eigenvalue weighted by atomic mass is 10.1. The number of amides is 1. The van der Waals surface area contributed by atoms with Crippen molar-refractivity contribution in [3.8, 4) is 11.3 Å². The standard InChI is InChI=1S/C17H14N2O2/c1-12-6-5-9-14(10-12)18-17(20)15-11-21-19-16(15)13-7-3-2-4-8-13/h2-11H,1H3,(H,18,20). The van der Waals surface area contributed by atoms with Gasteiger partial charge in [0.1, 0.15) is 17.5 Å². The summed E-state index contributed by atoms with van der Waals surface area (Å²) in [6.45, 7) is 1.98. The number of rotatable bonds is 3. The second-order valence-corrected chi connectivity index (χ2v) is 4.77. The van der Waals surface area contributed by atoms with Crippen LogP contribution in [0.5, 0.6) is 0 Å². The van der Waals surface area contributed by atoms with Crippen LogP contribution in [0.25, 0.3) is 11.3 Å². The summed E-state index contributed by atoms with van der Waals surface area (Å²) >= 11 is 0. The van der Waals surface area contributed by atoms with Crippen molar-refractivity contribution >= 4 is 11.6 Å². The first kappa shape index (κ1) is 13.1. The highest BCUT2D eigenvalue weighted by Crippen LogP contribution is 2.22. The molecule has 1 heterocycles. The van der Waals surface area contributed by atoms with Crippen molar-refractivity contribution in [1.82, 2.24) is 5.16 Å². The van der Waals surface area contributed by atoms with Crippen LogP contribution in [0.2, 0.25) is 0 Å². The van der Waals surface area contributed by atoms with E-state index in [2.05, 4.69) is 10.5 Å². The molecule has 0 aliphatic heterocycles. The zero-order valence-electron chi connectivity index (χ0n) is 11.5. The van der Waals surface area contributed by atoms with Gasteiger partial charge in [-0.3, -0.25) is 4.79 Å². The molecule has 3 aromatic rings. The topological polar surface area (TPSA) is 55.1 Å². The van der Waals surface area contributed by atoms with Crippen molar-refractivity contribution in [3.05, 3.63) is 72.0 Å². The Kier molecular flexibility index (Phi) is 3.51. The number of nitrogens with zero attached hydrogens (tertiary/aromatic N) is 1.